The van der Waals surface area contributed by atoms with Crippen molar-refractivity contribution in [2.24, 2.45) is 0 Å². The van der Waals surface area contributed by atoms with E-state index in [1.807, 2.05) is 0 Å². The third-order valence-corrected chi connectivity index (χ3v) is 5.67. The van der Waals surface area contributed by atoms with E-state index in [2.05, 4.69) is 20.8 Å². The van der Waals surface area contributed by atoms with E-state index in [-0.39, 0.29) is 18.3 Å². The van der Waals surface area contributed by atoms with Crippen LogP contribution in [0.1, 0.15) is 27.6 Å². The summed E-state index contributed by atoms with van der Waals surface area (Å²) in [6, 6.07) is 15.2. The molecule has 178 valence electrons. The van der Waals surface area contributed by atoms with Crippen molar-refractivity contribution < 1.29 is 23.5 Å². The van der Waals surface area contributed by atoms with Crippen molar-refractivity contribution in [3.05, 3.63) is 83.8 Å². The van der Waals surface area contributed by atoms with E-state index in [1.54, 1.807) is 60.0 Å². The Morgan fingerprint density at radius 2 is 1.74 bits per heavy atom. The van der Waals surface area contributed by atoms with Crippen LogP contribution in [0.3, 0.4) is 0 Å². The normalized spacial score (nSPS) is 10.7. The minimum atomic E-state index is -0.455. The Balaban J connectivity index is 1.39. The van der Waals surface area contributed by atoms with Gasteiger partial charge in [-0.15, -0.1) is 10.2 Å². The minimum absolute atomic E-state index is 0.0418. The smallest absolute Gasteiger partial charge is 0.338 e. The van der Waals surface area contributed by atoms with E-state index in [4.69, 9.17) is 4.74 Å². The number of benzene rings is 2. The van der Waals surface area contributed by atoms with Gasteiger partial charge in [-0.2, -0.15) is 0 Å². The van der Waals surface area contributed by atoms with E-state index in [9.17, 15) is 18.8 Å². The van der Waals surface area contributed by atoms with Crippen molar-refractivity contribution in [2.75, 3.05) is 23.0 Å². The highest BCUT2D eigenvalue weighted by molar-refractivity contribution is 7.99. The van der Waals surface area contributed by atoms with Gasteiger partial charge in [0, 0.05) is 17.6 Å². The number of rotatable bonds is 8. The molecule has 0 saturated carbocycles. The summed E-state index contributed by atoms with van der Waals surface area (Å²) in [6.07, 6.45) is 1.55. The molecule has 0 bridgehead atoms. The number of nitrogens with zero attached hydrogens (tertiary/aromatic N) is 3. The fourth-order valence-corrected chi connectivity index (χ4v) is 3.82. The first kappa shape index (κ1) is 23.9. The number of esters is 1. The molecular weight excluding hydrogens is 473 g/mol. The lowest BCUT2D eigenvalue weighted by Gasteiger charge is -2.07. The third-order valence-electron chi connectivity index (χ3n) is 4.73. The summed E-state index contributed by atoms with van der Waals surface area (Å²) in [4.78, 5) is 36.7. The average Bonchev–Trinajstić information content (AvgIpc) is 3.25. The summed E-state index contributed by atoms with van der Waals surface area (Å²) in [5.74, 6) is -1.55. The summed E-state index contributed by atoms with van der Waals surface area (Å²) in [7, 11) is 0. The maximum absolute atomic E-state index is 13.4. The maximum atomic E-state index is 13.4. The van der Waals surface area contributed by atoms with Crippen molar-refractivity contribution >= 4 is 46.6 Å². The van der Waals surface area contributed by atoms with Gasteiger partial charge in [0.15, 0.2) is 10.8 Å². The Morgan fingerprint density at radius 1 is 0.971 bits per heavy atom. The summed E-state index contributed by atoms with van der Waals surface area (Å²) < 4.78 is 19.9. The summed E-state index contributed by atoms with van der Waals surface area (Å²) in [5, 5.41) is 13.9. The molecule has 11 heteroatoms. The molecule has 0 unspecified atom stereocenters. The monoisotopic (exact) mass is 493 g/mol. The molecule has 0 fully saturated rings. The van der Waals surface area contributed by atoms with Crippen LogP contribution < -0.4 is 10.6 Å². The Labute approximate surface area is 203 Å². The molecule has 9 nitrogen and oxygen atoms in total. The van der Waals surface area contributed by atoms with Gasteiger partial charge >= 0.3 is 5.97 Å². The number of ether oxygens (including phenoxy) is 1. The molecule has 0 aliphatic rings. The Kier molecular flexibility index (Phi) is 7.36. The highest BCUT2D eigenvalue weighted by Gasteiger charge is 2.14. The number of aromatic nitrogens is 3. The van der Waals surface area contributed by atoms with Gasteiger partial charge < -0.3 is 15.4 Å². The molecule has 0 aliphatic heterocycles. The molecule has 0 radical (unpaired) electrons. The molecule has 0 spiro atoms. The number of carbonyl (C=O) groups excluding carboxylic acids is 3. The Bertz CT molecular complexity index is 1390. The van der Waals surface area contributed by atoms with Gasteiger partial charge in [0.25, 0.3) is 5.91 Å². The van der Waals surface area contributed by atoms with Crippen LogP contribution in [0.5, 0.6) is 0 Å². The molecule has 2 N–H and O–H groups in total. The van der Waals surface area contributed by atoms with E-state index >= 15 is 0 Å². The average molecular weight is 494 g/mol. The zero-order valence-electron chi connectivity index (χ0n) is 18.5. The number of fused-ring (bicyclic) bond motifs is 1. The molecule has 0 atom stereocenters. The summed E-state index contributed by atoms with van der Waals surface area (Å²) in [6.45, 7) is 2.01. The van der Waals surface area contributed by atoms with Gasteiger partial charge in [-0.05, 0) is 61.5 Å². The van der Waals surface area contributed by atoms with Crippen LogP contribution in [0.15, 0.2) is 72.0 Å². The zero-order chi connectivity index (χ0) is 24.8. The molecule has 0 aliphatic carbocycles. The largest absolute Gasteiger partial charge is 0.462 e. The Hall–Kier alpha value is -4.25. The fourth-order valence-electron chi connectivity index (χ4n) is 3.10. The van der Waals surface area contributed by atoms with Crippen molar-refractivity contribution in [3.8, 4) is 0 Å². The highest BCUT2D eigenvalue weighted by atomic mass is 32.2. The topological polar surface area (TPSA) is 115 Å². The lowest BCUT2D eigenvalue weighted by molar-refractivity contribution is -0.113. The SMILES string of the molecule is CCOC(=O)c1ccc(NC(=O)CSc2nnc3ccc(C(=O)Nc4cccc(F)c4)cn23)cc1. The van der Waals surface area contributed by atoms with E-state index in [0.717, 1.165) is 11.8 Å². The number of amides is 2. The van der Waals surface area contributed by atoms with Crippen LogP contribution in [-0.4, -0.2) is 44.7 Å². The molecule has 4 aromatic rings. The zero-order valence-corrected chi connectivity index (χ0v) is 19.3. The Morgan fingerprint density at radius 3 is 2.49 bits per heavy atom. The van der Waals surface area contributed by atoms with Crippen LogP contribution in [0.2, 0.25) is 0 Å². The number of hydrogen-bond acceptors (Lipinski definition) is 7. The van der Waals surface area contributed by atoms with Crippen LogP contribution in [0.4, 0.5) is 15.8 Å². The predicted molar refractivity (Wildman–Crippen MR) is 129 cm³/mol. The first-order valence-electron chi connectivity index (χ1n) is 10.5. The standard InChI is InChI=1S/C24H20FN5O4S/c1-2-34-23(33)15-6-9-18(10-7-15)26-21(31)14-35-24-29-28-20-11-8-16(13-30(20)24)22(32)27-19-5-3-4-17(25)12-19/h3-13H,2,14H2,1H3,(H,26,31)(H,27,32). The molecule has 2 heterocycles. The fraction of sp³-hybridized carbons (Fsp3) is 0.125. The quantitative estimate of drug-likeness (QED) is 0.281. The number of pyridine rings is 1. The summed E-state index contributed by atoms with van der Waals surface area (Å²) >= 11 is 1.15. The van der Waals surface area contributed by atoms with Gasteiger partial charge in [-0.25, -0.2) is 9.18 Å². The molecule has 4 rings (SSSR count). The number of hydrogen-bond donors (Lipinski definition) is 2. The van der Waals surface area contributed by atoms with E-state index in [1.165, 1.54) is 18.2 Å². The van der Waals surface area contributed by atoms with Crippen LogP contribution in [-0.2, 0) is 9.53 Å². The van der Waals surface area contributed by atoms with Gasteiger partial charge in [-0.1, -0.05) is 17.8 Å². The lowest BCUT2D eigenvalue weighted by Crippen LogP contribution is -2.15. The van der Waals surface area contributed by atoms with Gasteiger partial charge in [0.05, 0.1) is 23.5 Å². The first-order chi connectivity index (χ1) is 16.9. The second kappa shape index (κ2) is 10.8. The van der Waals surface area contributed by atoms with E-state index in [0.29, 0.717) is 33.3 Å². The van der Waals surface area contributed by atoms with Crippen molar-refractivity contribution in [3.63, 3.8) is 0 Å². The molecule has 0 saturated heterocycles. The van der Waals surface area contributed by atoms with Crippen molar-refractivity contribution in [1.82, 2.24) is 14.6 Å². The third kappa shape index (κ3) is 6.01. The molecule has 35 heavy (non-hydrogen) atoms. The molecule has 2 aromatic heterocycles. The predicted octanol–water partition coefficient (Wildman–Crippen LogP) is 4.03. The second-order valence-corrected chi connectivity index (χ2v) is 8.17. The number of anilines is 2. The lowest BCUT2D eigenvalue weighted by atomic mass is 10.2. The number of halogens is 1. The van der Waals surface area contributed by atoms with Crippen molar-refractivity contribution in [1.29, 1.82) is 0 Å². The highest BCUT2D eigenvalue weighted by Crippen LogP contribution is 2.19. The number of carbonyl (C=O) groups is 3. The number of nitrogens with one attached hydrogen (secondary N) is 2. The molecular formula is C24H20FN5O4S. The second-order valence-electron chi connectivity index (χ2n) is 7.23. The van der Waals surface area contributed by atoms with Crippen molar-refractivity contribution in [2.45, 2.75) is 12.1 Å². The molecule has 2 aromatic carbocycles. The van der Waals surface area contributed by atoms with Crippen LogP contribution in [0.25, 0.3) is 5.65 Å². The minimum Gasteiger partial charge on any atom is -0.462 e. The van der Waals surface area contributed by atoms with Crippen LogP contribution >= 0.6 is 11.8 Å². The van der Waals surface area contributed by atoms with Crippen LogP contribution in [0, 0.1) is 5.82 Å². The first-order valence-corrected chi connectivity index (χ1v) is 11.5. The van der Waals surface area contributed by atoms with Gasteiger partial charge in [-0.3, -0.25) is 14.0 Å². The summed E-state index contributed by atoms with van der Waals surface area (Å²) in [5.41, 5.74) is 2.08. The van der Waals surface area contributed by atoms with E-state index < -0.39 is 17.7 Å². The van der Waals surface area contributed by atoms with Gasteiger partial charge in [0.2, 0.25) is 5.91 Å². The maximum Gasteiger partial charge on any atom is 0.338 e. The number of thioether (sulfide) groups is 1. The molecule has 2 amide bonds. The van der Waals surface area contributed by atoms with Gasteiger partial charge in [0.1, 0.15) is 5.82 Å².